The molecule has 0 fully saturated rings. The summed E-state index contributed by atoms with van der Waals surface area (Å²) in [6.45, 7) is 5.66. The summed E-state index contributed by atoms with van der Waals surface area (Å²) in [6, 6.07) is 22.2. The van der Waals surface area contributed by atoms with Gasteiger partial charge in [-0.2, -0.15) is 0 Å². The number of anilines is 1. The predicted octanol–water partition coefficient (Wildman–Crippen LogP) is 3.97. The van der Waals surface area contributed by atoms with E-state index >= 15 is 0 Å². The zero-order chi connectivity index (χ0) is 25.2. The highest BCUT2D eigenvalue weighted by atomic mass is 32.2. The molecule has 0 radical (unpaired) electrons. The van der Waals surface area contributed by atoms with E-state index in [9.17, 15) is 18.0 Å². The molecule has 0 aromatic heterocycles. The molecule has 1 heterocycles. The van der Waals surface area contributed by atoms with Gasteiger partial charge in [0.15, 0.2) is 0 Å². The Bertz CT molecular complexity index is 1330. The van der Waals surface area contributed by atoms with Crippen molar-refractivity contribution in [1.29, 1.82) is 0 Å². The second-order valence-electron chi connectivity index (χ2n) is 9.66. The number of sulfonamides is 1. The average Bonchev–Trinajstić information content (AvgIpc) is 3.13. The Labute approximate surface area is 206 Å². The Morgan fingerprint density at radius 1 is 0.943 bits per heavy atom. The summed E-state index contributed by atoms with van der Waals surface area (Å²) in [5, 5.41) is 2.87. The lowest BCUT2D eigenvalue weighted by atomic mass is 10.0. The van der Waals surface area contributed by atoms with Crippen LogP contribution in [0.3, 0.4) is 0 Å². The number of benzene rings is 3. The summed E-state index contributed by atoms with van der Waals surface area (Å²) < 4.78 is 27.7. The zero-order valence-electron chi connectivity index (χ0n) is 20.0. The number of nitrogens with zero attached hydrogens (tertiary/aromatic N) is 1. The van der Waals surface area contributed by atoms with Crippen LogP contribution in [0, 0.1) is 0 Å². The van der Waals surface area contributed by atoms with Crippen molar-refractivity contribution in [2.75, 3.05) is 5.32 Å². The summed E-state index contributed by atoms with van der Waals surface area (Å²) in [4.78, 5) is 28.3. The molecule has 2 amide bonds. The highest BCUT2D eigenvalue weighted by molar-refractivity contribution is 7.89. The second-order valence-corrected chi connectivity index (χ2v) is 11.3. The Balaban J connectivity index is 1.56. The van der Waals surface area contributed by atoms with Gasteiger partial charge in [-0.25, -0.2) is 13.1 Å². The van der Waals surface area contributed by atoms with E-state index in [4.69, 9.17) is 0 Å². The van der Waals surface area contributed by atoms with Gasteiger partial charge in [-0.1, -0.05) is 48.5 Å². The minimum Gasteiger partial charge on any atom is -0.324 e. The number of fused-ring (bicyclic) bond motifs is 1. The number of amides is 2. The van der Waals surface area contributed by atoms with Gasteiger partial charge in [-0.05, 0) is 62.2 Å². The van der Waals surface area contributed by atoms with Gasteiger partial charge in [0.2, 0.25) is 15.9 Å². The number of hydrogen-bond donors (Lipinski definition) is 2. The van der Waals surface area contributed by atoms with Crippen LogP contribution in [0.2, 0.25) is 0 Å². The number of nitrogens with one attached hydrogen (secondary N) is 2. The molecule has 1 unspecified atom stereocenters. The monoisotopic (exact) mass is 491 g/mol. The maximum absolute atomic E-state index is 13.4. The number of rotatable bonds is 7. The lowest BCUT2D eigenvalue weighted by Crippen LogP contribution is -2.45. The quantitative estimate of drug-likeness (QED) is 0.523. The van der Waals surface area contributed by atoms with Gasteiger partial charge in [0.1, 0.15) is 6.04 Å². The molecule has 2 N–H and O–H groups in total. The lowest BCUT2D eigenvalue weighted by Gasteiger charge is -2.27. The number of carbonyl (C=O) groups excluding carboxylic acids is 2. The van der Waals surface area contributed by atoms with E-state index in [2.05, 4.69) is 10.0 Å². The third-order valence-corrected chi connectivity index (χ3v) is 7.45. The van der Waals surface area contributed by atoms with Crippen LogP contribution in [0.1, 0.15) is 42.3 Å². The van der Waals surface area contributed by atoms with Crippen molar-refractivity contribution in [2.45, 2.75) is 50.2 Å². The molecule has 1 atom stereocenters. The first-order valence-corrected chi connectivity index (χ1v) is 12.9. The van der Waals surface area contributed by atoms with Gasteiger partial charge < -0.3 is 10.2 Å². The van der Waals surface area contributed by atoms with Crippen molar-refractivity contribution >= 4 is 27.5 Å². The van der Waals surface area contributed by atoms with Crippen molar-refractivity contribution in [1.82, 2.24) is 9.62 Å². The topological polar surface area (TPSA) is 95.6 Å². The van der Waals surface area contributed by atoms with Gasteiger partial charge in [0, 0.05) is 29.8 Å². The zero-order valence-corrected chi connectivity index (χ0v) is 20.8. The third-order valence-electron chi connectivity index (χ3n) is 5.67. The minimum atomic E-state index is -3.69. The molecule has 3 aromatic rings. The van der Waals surface area contributed by atoms with Crippen LogP contribution >= 0.6 is 0 Å². The molecule has 0 saturated heterocycles. The lowest BCUT2D eigenvalue weighted by molar-refractivity contribution is -0.120. The van der Waals surface area contributed by atoms with Gasteiger partial charge >= 0.3 is 0 Å². The highest BCUT2D eigenvalue weighted by Crippen LogP contribution is 2.27. The van der Waals surface area contributed by atoms with Crippen LogP contribution in [-0.2, 0) is 27.8 Å². The van der Waals surface area contributed by atoms with Crippen LogP contribution in [0.5, 0.6) is 0 Å². The molecule has 8 heteroatoms. The van der Waals surface area contributed by atoms with Crippen LogP contribution in [0.25, 0.3) is 0 Å². The van der Waals surface area contributed by atoms with E-state index in [0.29, 0.717) is 24.2 Å². The SMILES string of the molecule is CC(C)(C)NS(=O)(=O)c1ccc(NC(=O)C(Cc2ccccc2)N2Cc3ccccc3C2=O)cc1. The first kappa shape index (κ1) is 24.6. The third kappa shape index (κ3) is 5.78. The molecule has 35 heavy (non-hydrogen) atoms. The van der Waals surface area contributed by atoms with E-state index in [-0.39, 0.29) is 16.7 Å². The molecule has 3 aromatic carbocycles. The Morgan fingerprint density at radius 3 is 2.20 bits per heavy atom. The van der Waals surface area contributed by atoms with Gasteiger partial charge in [0.05, 0.1) is 4.90 Å². The van der Waals surface area contributed by atoms with Crippen LogP contribution in [-0.4, -0.2) is 36.7 Å². The molecule has 7 nitrogen and oxygen atoms in total. The number of hydrogen-bond acceptors (Lipinski definition) is 4. The maximum atomic E-state index is 13.4. The Morgan fingerprint density at radius 2 is 1.57 bits per heavy atom. The first-order valence-electron chi connectivity index (χ1n) is 11.4. The fourth-order valence-electron chi connectivity index (χ4n) is 4.12. The molecule has 1 aliphatic heterocycles. The van der Waals surface area contributed by atoms with Crippen molar-refractivity contribution in [3.05, 3.63) is 95.6 Å². The fraction of sp³-hybridized carbons (Fsp3) is 0.259. The molecule has 0 spiro atoms. The van der Waals surface area contributed by atoms with Crippen molar-refractivity contribution in [3.8, 4) is 0 Å². The van der Waals surface area contributed by atoms with Crippen molar-refractivity contribution in [2.24, 2.45) is 0 Å². The fourth-order valence-corrected chi connectivity index (χ4v) is 5.53. The molecule has 0 aliphatic carbocycles. The highest BCUT2D eigenvalue weighted by Gasteiger charge is 2.36. The van der Waals surface area contributed by atoms with Crippen LogP contribution in [0.4, 0.5) is 5.69 Å². The van der Waals surface area contributed by atoms with Crippen LogP contribution in [0.15, 0.2) is 83.8 Å². The normalized spacial score (nSPS) is 14.5. The molecule has 182 valence electrons. The van der Waals surface area contributed by atoms with Crippen molar-refractivity contribution in [3.63, 3.8) is 0 Å². The summed E-state index contributed by atoms with van der Waals surface area (Å²) in [5.41, 5.74) is 2.28. The summed E-state index contributed by atoms with van der Waals surface area (Å²) >= 11 is 0. The van der Waals surface area contributed by atoms with E-state index in [1.165, 1.54) is 12.1 Å². The van der Waals surface area contributed by atoms with E-state index < -0.39 is 21.6 Å². The van der Waals surface area contributed by atoms with Gasteiger partial charge in [-0.3, -0.25) is 9.59 Å². The predicted molar refractivity (Wildman–Crippen MR) is 135 cm³/mol. The largest absolute Gasteiger partial charge is 0.324 e. The second kappa shape index (κ2) is 9.64. The standard InChI is InChI=1S/C27H29N3O4S/c1-27(2,3)29-35(33,34)22-15-13-21(14-16-22)28-25(31)24(17-19-9-5-4-6-10-19)30-18-20-11-7-8-12-23(20)26(30)32/h4-16,24,29H,17-18H2,1-3H3,(H,28,31). The van der Waals surface area contributed by atoms with Crippen LogP contribution < -0.4 is 10.0 Å². The van der Waals surface area contributed by atoms with E-state index in [1.807, 2.05) is 48.5 Å². The minimum absolute atomic E-state index is 0.108. The molecular weight excluding hydrogens is 462 g/mol. The molecular formula is C27H29N3O4S. The molecule has 0 bridgehead atoms. The Kier molecular flexibility index (Phi) is 6.78. The van der Waals surface area contributed by atoms with E-state index in [1.54, 1.807) is 43.9 Å². The molecule has 4 rings (SSSR count). The van der Waals surface area contributed by atoms with E-state index in [0.717, 1.165) is 11.1 Å². The average molecular weight is 492 g/mol. The van der Waals surface area contributed by atoms with Crippen molar-refractivity contribution < 1.29 is 18.0 Å². The number of carbonyl (C=O) groups is 2. The summed E-state index contributed by atoms with van der Waals surface area (Å²) in [5.74, 6) is -0.509. The Hall–Kier alpha value is -3.49. The summed E-state index contributed by atoms with van der Waals surface area (Å²) in [6.07, 6.45) is 0.356. The molecule has 0 saturated carbocycles. The van der Waals surface area contributed by atoms with Gasteiger partial charge in [-0.15, -0.1) is 0 Å². The summed E-state index contributed by atoms with van der Waals surface area (Å²) in [7, 11) is -3.69. The molecule has 1 aliphatic rings. The van der Waals surface area contributed by atoms with Gasteiger partial charge in [0.25, 0.3) is 5.91 Å². The smallest absolute Gasteiger partial charge is 0.255 e. The maximum Gasteiger partial charge on any atom is 0.255 e. The first-order chi connectivity index (χ1) is 16.5.